The Morgan fingerprint density at radius 3 is 2.70 bits per heavy atom. The molecule has 3 saturated heterocycles. The number of rotatable bonds is 9. The van der Waals surface area contributed by atoms with E-state index in [2.05, 4.69) is 27.0 Å². The predicted octanol–water partition coefficient (Wildman–Crippen LogP) is 8.79. The fraction of sp³-hybridized carbons (Fsp3) is 0.400. The van der Waals surface area contributed by atoms with E-state index in [1.807, 2.05) is 17.9 Å². The highest BCUT2D eigenvalue weighted by Crippen LogP contribution is 2.51. The lowest BCUT2D eigenvalue weighted by Crippen LogP contribution is -2.41. The van der Waals surface area contributed by atoms with Crippen LogP contribution in [0.3, 0.4) is 0 Å². The average Bonchev–Trinajstić information content (AvgIpc) is 3.43. The van der Waals surface area contributed by atoms with Crippen LogP contribution in [0.2, 0.25) is 15.1 Å². The number of hydrogen-bond acceptors (Lipinski definition) is 7. The third-order valence-electron chi connectivity index (χ3n) is 11.5. The number of ether oxygens (including phenoxy) is 2. The van der Waals surface area contributed by atoms with Crippen LogP contribution in [0.4, 0.5) is 4.39 Å². The zero-order valence-electron chi connectivity index (χ0n) is 29.1. The number of benzene rings is 2. The Hall–Kier alpha value is -4.14. The maximum absolute atomic E-state index is 17.2. The second-order valence-electron chi connectivity index (χ2n) is 14.7. The molecule has 2 saturated carbocycles. The summed E-state index contributed by atoms with van der Waals surface area (Å²) in [6.45, 7) is 3.19. The lowest BCUT2D eigenvalue weighted by Gasteiger charge is -2.39. The third-order valence-corrected chi connectivity index (χ3v) is 12.5. The SMILES string of the molecule is COc1ncc(Cl)cc1O[C@H]1C[C@H](c2cc3c(C)nc4c(F)c(-c5cccc(Cl)c5Cl)c(CCC#N)cc4c3n2[C@H]2[C@H]3CN[C@@H]2C3)N(C(=O)C2CC2)C1. The van der Waals surface area contributed by atoms with Crippen LogP contribution in [0.15, 0.2) is 42.6 Å². The van der Waals surface area contributed by atoms with Gasteiger partial charge < -0.3 is 24.3 Å². The van der Waals surface area contributed by atoms with Crippen molar-refractivity contribution >= 4 is 62.5 Å². The summed E-state index contributed by atoms with van der Waals surface area (Å²) in [6.07, 6.45) is 4.99. The molecule has 6 heterocycles. The Labute approximate surface area is 320 Å². The molecule has 0 unspecified atom stereocenters. The topological polar surface area (TPSA) is 105 Å². The van der Waals surface area contributed by atoms with Gasteiger partial charge >= 0.3 is 0 Å². The van der Waals surface area contributed by atoms with Gasteiger partial charge in [-0.2, -0.15) is 5.26 Å². The zero-order valence-corrected chi connectivity index (χ0v) is 31.4. The third kappa shape index (κ3) is 5.70. The van der Waals surface area contributed by atoms with E-state index in [4.69, 9.17) is 49.3 Å². The summed E-state index contributed by atoms with van der Waals surface area (Å²) in [6, 6.07) is 13.3. The molecule has 2 aromatic carbocycles. The summed E-state index contributed by atoms with van der Waals surface area (Å²) in [5, 5.41) is 15.9. The second kappa shape index (κ2) is 13.3. The molecular weight excluding hydrogens is 738 g/mol. The molecule has 2 bridgehead atoms. The number of carbonyl (C=O) groups excluding carboxylic acids is 1. The molecule has 5 aromatic rings. The van der Waals surface area contributed by atoms with Crippen molar-refractivity contribution < 1.29 is 18.7 Å². The lowest BCUT2D eigenvalue weighted by molar-refractivity contribution is -0.133. The number of halogens is 4. The van der Waals surface area contributed by atoms with Crippen molar-refractivity contribution in [2.75, 3.05) is 20.2 Å². The largest absolute Gasteiger partial charge is 0.483 e. The van der Waals surface area contributed by atoms with Gasteiger partial charge in [-0.25, -0.2) is 14.4 Å². The summed E-state index contributed by atoms with van der Waals surface area (Å²) < 4.78 is 31.6. The highest BCUT2D eigenvalue weighted by atomic mass is 35.5. The summed E-state index contributed by atoms with van der Waals surface area (Å²) in [5.41, 5.74) is 4.19. The molecule has 5 aliphatic rings. The molecular formula is C40H36Cl3FN6O3. The minimum absolute atomic E-state index is 0.00393. The number of nitriles is 1. The summed E-state index contributed by atoms with van der Waals surface area (Å²) in [5.74, 6) is 0.746. The van der Waals surface area contributed by atoms with Gasteiger partial charge in [-0.1, -0.05) is 46.9 Å². The van der Waals surface area contributed by atoms with E-state index in [0.717, 1.165) is 42.4 Å². The number of carbonyl (C=O) groups is 1. The second-order valence-corrected chi connectivity index (χ2v) is 15.9. The number of aryl methyl sites for hydroxylation is 2. The zero-order chi connectivity index (χ0) is 36.7. The fourth-order valence-corrected chi connectivity index (χ4v) is 9.44. The van der Waals surface area contributed by atoms with Gasteiger partial charge in [0.25, 0.3) is 5.88 Å². The molecule has 1 N–H and O–H groups in total. The minimum atomic E-state index is -0.502. The van der Waals surface area contributed by atoms with Gasteiger partial charge in [-0.3, -0.25) is 4.79 Å². The molecule has 3 aromatic heterocycles. The van der Waals surface area contributed by atoms with Crippen LogP contribution >= 0.6 is 34.8 Å². The van der Waals surface area contributed by atoms with Crippen LogP contribution in [0.1, 0.15) is 61.1 Å². The average molecular weight is 774 g/mol. The number of nitrogens with zero attached hydrogens (tertiary/aromatic N) is 5. The Kier molecular flexibility index (Phi) is 8.69. The Morgan fingerprint density at radius 1 is 1.15 bits per heavy atom. The Bertz CT molecular complexity index is 2360. The Balaban J connectivity index is 1.25. The molecule has 5 atom stereocenters. The molecule has 13 heteroatoms. The van der Waals surface area contributed by atoms with Gasteiger partial charge in [0.05, 0.1) is 52.4 Å². The summed E-state index contributed by atoms with van der Waals surface area (Å²) in [7, 11) is 1.53. The number of hydrogen-bond donors (Lipinski definition) is 1. The predicted molar refractivity (Wildman–Crippen MR) is 202 cm³/mol. The number of amides is 1. The normalized spacial score (nSPS) is 23.4. The summed E-state index contributed by atoms with van der Waals surface area (Å²) >= 11 is 19.4. The number of nitrogens with one attached hydrogen (secondary N) is 1. The standard InChI is InChI=1S/C40H36Cl3FN6O3/c1-19-26-15-31(30-14-24(18-49(30)40(51)20-8-9-20)53-32-13-23(41)17-47-39(32)52-2)50(37-22-12-29(37)46-16-22)38(26)27-11-21(5-4-10-45)33(35(44)36(27)48-19)25-6-3-7-28(42)34(25)43/h3,6-7,11,13,15,17,20,22,24,29-30,37,46H,4-5,8-9,12,14,16,18H2,1-2H3/t22-,24+,29-,30-,37+/m1/s1. The first-order valence-corrected chi connectivity index (χ1v) is 19.2. The van der Waals surface area contributed by atoms with Crippen LogP contribution in [-0.2, 0) is 11.2 Å². The van der Waals surface area contributed by atoms with Gasteiger partial charge in [-0.15, -0.1) is 0 Å². The van der Waals surface area contributed by atoms with Crippen LogP contribution in [-0.4, -0.2) is 57.7 Å². The number of likely N-dealkylation sites (tertiary alicyclic amines) is 1. The van der Waals surface area contributed by atoms with Crippen LogP contribution in [0, 0.1) is 35.9 Å². The van der Waals surface area contributed by atoms with Gasteiger partial charge in [0.15, 0.2) is 11.6 Å². The van der Waals surface area contributed by atoms with E-state index in [0.29, 0.717) is 74.7 Å². The first-order valence-electron chi connectivity index (χ1n) is 18.0. The first-order chi connectivity index (χ1) is 25.7. The van der Waals surface area contributed by atoms with Gasteiger partial charge in [0.1, 0.15) is 11.6 Å². The maximum Gasteiger partial charge on any atom is 0.256 e. The first kappa shape index (κ1) is 34.6. The van der Waals surface area contributed by atoms with Crippen molar-refractivity contribution in [1.29, 1.82) is 5.26 Å². The fourth-order valence-electron chi connectivity index (χ4n) is 8.90. The van der Waals surface area contributed by atoms with Crippen LogP contribution in [0.5, 0.6) is 11.6 Å². The van der Waals surface area contributed by atoms with Crippen LogP contribution < -0.4 is 14.8 Å². The monoisotopic (exact) mass is 772 g/mol. The molecule has 5 fully saturated rings. The van der Waals surface area contributed by atoms with Crippen molar-refractivity contribution in [3.63, 3.8) is 0 Å². The maximum atomic E-state index is 17.2. The highest BCUT2D eigenvalue weighted by molar-refractivity contribution is 6.43. The van der Waals surface area contributed by atoms with Crippen molar-refractivity contribution in [2.45, 2.75) is 69.7 Å². The summed E-state index contributed by atoms with van der Waals surface area (Å²) in [4.78, 5) is 25.2. The molecule has 2 aliphatic carbocycles. The van der Waals surface area contributed by atoms with Crippen molar-refractivity contribution in [3.8, 4) is 28.8 Å². The van der Waals surface area contributed by atoms with E-state index in [1.54, 1.807) is 24.3 Å². The number of aromatic nitrogens is 3. The van der Waals surface area contributed by atoms with Gasteiger partial charge in [0, 0.05) is 76.9 Å². The van der Waals surface area contributed by atoms with Crippen molar-refractivity contribution in [3.05, 3.63) is 80.4 Å². The van der Waals surface area contributed by atoms with Gasteiger partial charge in [-0.05, 0) is 62.3 Å². The lowest BCUT2D eigenvalue weighted by atomic mass is 9.79. The number of pyridine rings is 2. The molecule has 0 spiro atoms. The van der Waals surface area contributed by atoms with Crippen molar-refractivity contribution in [2.24, 2.45) is 11.8 Å². The number of fused-ring (bicyclic) bond motifs is 4. The van der Waals surface area contributed by atoms with Gasteiger partial charge in [0.2, 0.25) is 5.91 Å². The molecule has 9 nitrogen and oxygen atoms in total. The molecule has 10 rings (SSSR count). The molecule has 53 heavy (non-hydrogen) atoms. The van der Waals surface area contributed by atoms with Crippen molar-refractivity contribution in [1.82, 2.24) is 24.8 Å². The molecule has 272 valence electrons. The smallest absolute Gasteiger partial charge is 0.256 e. The van der Waals surface area contributed by atoms with E-state index in [1.165, 1.54) is 13.3 Å². The highest BCUT2D eigenvalue weighted by Gasteiger charge is 2.51. The van der Waals surface area contributed by atoms with Crippen LogP contribution in [0.25, 0.3) is 32.9 Å². The molecule has 3 aliphatic heterocycles. The Morgan fingerprint density at radius 2 is 1.98 bits per heavy atom. The number of methoxy groups -OCH3 is 1. The molecule has 0 radical (unpaired) electrons. The quantitative estimate of drug-likeness (QED) is 0.160. The molecule has 1 amide bonds. The van der Waals surface area contributed by atoms with E-state index >= 15 is 4.39 Å². The van der Waals surface area contributed by atoms with E-state index in [-0.39, 0.29) is 53.0 Å². The van der Waals surface area contributed by atoms with E-state index < -0.39 is 5.82 Å². The van der Waals surface area contributed by atoms with E-state index in [9.17, 15) is 10.1 Å². The minimum Gasteiger partial charge on any atom is -0.483 e.